The lowest BCUT2D eigenvalue weighted by Gasteiger charge is -2.18. The second-order valence-corrected chi connectivity index (χ2v) is 4.75. The SMILES string of the molecule is CCCC(Cl)c1ccc2c(c1)CCC(=O)N2. The summed E-state index contributed by atoms with van der Waals surface area (Å²) in [5.41, 5.74) is 3.32. The number of amides is 1. The zero-order valence-corrected chi connectivity index (χ0v) is 10.2. The van der Waals surface area contributed by atoms with Crippen molar-refractivity contribution in [3.05, 3.63) is 29.3 Å². The second-order valence-electron chi connectivity index (χ2n) is 4.22. The van der Waals surface area contributed by atoms with E-state index in [0.717, 1.165) is 24.9 Å². The molecule has 0 radical (unpaired) electrons. The zero-order valence-electron chi connectivity index (χ0n) is 9.42. The fourth-order valence-corrected chi connectivity index (χ4v) is 2.37. The number of halogens is 1. The number of fused-ring (bicyclic) bond motifs is 1. The normalized spacial score (nSPS) is 16.5. The smallest absolute Gasteiger partial charge is 0.224 e. The Morgan fingerprint density at radius 1 is 1.44 bits per heavy atom. The molecule has 86 valence electrons. The molecule has 0 aliphatic carbocycles. The molecule has 1 aliphatic rings. The van der Waals surface area contributed by atoms with Gasteiger partial charge in [0.15, 0.2) is 0 Å². The summed E-state index contributed by atoms with van der Waals surface area (Å²) in [4.78, 5) is 11.2. The highest BCUT2D eigenvalue weighted by molar-refractivity contribution is 6.20. The Bertz CT molecular complexity index is 403. The molecule has 1 aromatic rings. The number of hydrogen-bond acceptors (Lipinski definition) is 1. The van der Waals surface area contributed by atoms with Crippen LogP contribution in [-0.2, 0) is 11.2 Å². The maximum atomic E-state index is 11.2. The fourth-order valence-electron chi connectivity index (χ4n) is 2.02. The zero-order chi connectivity index (χ0) is 11.5. The summed E-state index contributed by atoms with van der Waals surface area (Å²) in [6, 6.07) is 6.10. The minimum Gasteiger partial charge on any atom is -0.326 e. The van der Waals surface area contributed by atoms with Crippen LogP contribution in [0.3, 0.4) is 0 Å². The topological polar surface area (TPSA) is 29.1 Å². The molecular formula is C13H16ClNO. The number of anilines is 1. The summed E-state index contributed by atoms with van der Waals surface area (Å²) >= 11 is 6.29. The molecule has 0 spiro atoms. The van der Waals surface area contributed by atoms with E-state index in [2.05, 4.69) is 18.3 Å². The second kappa shape index (κ2) is 4.88. The number of alkyl halides is 1. The lowest BCUT2D eigenvalue weighted by molar-refractivity contribution is -0.116. The predicted molar refractivity (Wildman–Crippen MR) is 66.9 cm³/mol. The molecule has 0 aromatic heterocycles. The minimum absolute atomic E-state index is 0.0907. The van der Waals surface area contributed by atoms with Crippen LogP contribution in [0.25, 0.3) is 0 Å². The molecule has 1 aromatic carbocycles. The van der Waals surface area contributed by atoms with Crippen molar-refractivity contribution >= 4 is 23.2 Å². The number of aryl methyl sites for hydroxylation is 1. The lowest BCUT2D eigenvalue weighted by Crippen LogP contribution is -2.19. The van der Waals surface area contributed by atoms with Crippen molar-refractivity contribution in [3.8, 4) is 0 Å². The third kappa shape index (κ3) is 2.38. The summed E-state index contributed by atoms with van der Waals surface area (Å²) in [5, 5.41) is 2.97. The van der Waals surface area contributed by atoms with Crippen LogP contribution in [0.5, 0.6) is 0 Å². The maximum absolute atomic E-state index is 11.2. The number of benzene rings is 1. The van der Waals surface area contributed by atoms with Crippen molar-refractivity contribution in [1.29, 1.82) is 0 Å². The Morgan fingerprint density at radius 2 is 2.25 bits per heavy atom. The van der Waals surface area contributed by atoms with Crippen molar-refractivity contribution < 1.29 is 4.79 Å². The molecule has 16 heavy (non-hydrogen) atoms. The van der Waals surface area contributed by atoms with Gasteiger partial charge in [-0.2, -0.15) is 0 Å². The molecule has 0 saturated carbocycles. The quantitative estimate of drug-likeness (QED) is 0.799. The van der Waals surface area contributed by atoms with E-state index < -0.39 is 0 Å². The molecule has 2 rings (SSSR count). The van der Waals surface area contributed by atoms with Crippen LogP contribution in [0.4, 0.5) is 5.69 Å². The average molecular weight is 238 g/mol. The van der Waals surface area contributed by atoms with E-state index in [1.165, 1.54) is 11.1 Å². The standard InChI is InChI=1S/C13H16ClNO/c1-2-3-11(14)9-4-6-12-10(8-9)5-7-13(16)15-12/h4,6,8,11H,2-3,5,7H2,1H3,(H,15,16). The fraction of sp³-hybridized carbons (Fsp3) is 0.462. The first-order chi connectivity index (χ1) is 7.70. The van der Waals surface area contributed by atoms with Gasteiger partial charge in [-0.15, -0.1) is 11.6 Å². The van der Waals surface area contributed by atoms with Gasteiger partial charge in [0, 0.05) is 12.1 Å². The molecule has 0 fully saturated rings. The van der Waals surface area contributed by atoms with Gasteiger partial charge in [-0.05, 0) is 30.0 Å². The molecule has 1 heterocycles. The summed E-state index contributed by atoms with van der Waals surface area (Å²) in [6.07, 6.45) is 3.48. The van der Waals surface area contributed by atoms with E-state index in [9.17, 15) is 4.79 Å². The number of carbonyl (C=O) groups excluding carboxylic acids is 1. The van der Waals surface area contributed by atoms with Crippen molar-refractivity contribution in [2.45, 2.75) is 38.0 Å². The number of rotatable bonds is 3. The van der Waals surface area contributed by atoms with Gasteiger partial charge in [-0.1, -0.05) is 25.5 Å². The van der Waals surface area contributed by atoms with E-state index in [0.29, 0.717) is 6.42 Å². The van der Waals surface area contributed by atoms with Crippen LogP contribution in [0, 0.1) is 0 Å². The lowest BCUT2D eigenvalue weighted by atomic mass is 9.98. The summed E-state index contributed by atoms with van der Waals surface area (Å²) in [5.74, 6) is 0.108. The largest absolute Gasteiger partial charge is 0.326 e. The Balaban J connectivity index is 2.22. The molecule has 1 aliphatic heterocycles. The number of nitrogens with one attached hydrogen (secondary N) is 1. The van der Waals surface area contributed by atoms with E-state index in [1.54, 1.807) is 0 Å². The third-order valence-electron chi connectivity index (χ3n) is 2.93. The Morgan fingerprint density at radius 3 is 3.00 bits per heavy atom. The first kappa shape index (κ1) is 11.5. The first-order valence-electron chi connectivity index (χ1n) is 5.77. The Labute approximate surface area is 101 Å². The van der Waals surface area contributed by atoms with Gasteiger partial charge in [0.1, 0.15) is 0 Å². The summed E-state index contributed by atoms with van der Waals surface area (Å²) < 4.78 is 0. The van der Waals surface area contributed by atoms with Crippen LogP contribution < -0.4 is 5.32 Å². The predicted octanol–water partition coefficient (Wildman–Crippen LogP) is 3.65. The van der Waals surface area contributed by atoms with Crippen molar-refractivity contribution in [2.24, 2.45) is 0 Å². The van der Waals surface area contributed by atoms with Gasteiger partial charge in [0.2, 0.25) is 5.91 Å². The first-order valence-corrected chi connectivity index (χ1v) is 6.21. The van der Waals surface area contributed by atoms with E-state index in [4.69, 9.17) is 11.6 Å². The van der Waals surface area contributed by atoms with Gasteiger partial charge in [0.25, 0.3) is 0 Å². The molecule has 0 bridgehead atoms. The van der Waals surface area contributed by atoms with Gasteiger partial charge >= 0.3 is 0 Å². The average Bonchev–Trinajstić information content (AvgIpc) is 2.28. The van der Waals surface area contributed by atoms with Crippen LogP contribution in [0.15, 0.2) is 18.2 Å². The summed E-state index contributed by atoms with van der Waals surface area (Å²) in [7, 11) is 0. The number of hydrogen-bond donors (Lipinski definition) is 1. The third-order valence-corrected chi connectivity index (χ3v) is 3.40. The monoisotopic (exact) mass is 237 g/mol. The minimum atomic E-state index is 0.0907. The van der Waals surface area contributed by atoms with Crippen molar-refractivity contribution in [2.75, 3.05) is 5.32 Å². The van der Waals surface area contributed by atoms with Gasteiger partial charge in [-0.3, -0.25) is 4.79 Å². The molecule has 3 heteroatoms. The highest BCUT2D eigenvalue weighted by Gasteiger charge is 2.16. The molecule has 1 N–H and O–H groups in total. The van der Waals surface area contributed by atoms with Crippen LogP contribution in [0.1, 0.15) is 42.7 Å². The van der Waals surface area contributed by atoms with E-state index in [-0.39, 0.29) is 11.3 Å². The highest BCUT2D eigenvalue weighted by Crippen LogP contribution is 2.30. The molecule has 1 unspecified atom stereocenters. The highest BCUT2D eigenvalue weighted by atomic mass is 35.5. The van der Waals surface area contributed by atoms with Crippen LogP contribution in [0.2, 0.25) is 0 Å². The maximum Gasteiger partial charge on any atom is 0.224 e. The number of carbonyl (C=O) groups is 1. The molecule has 2 nitrogen and oxygen atoms in total. The Kier molecular flexibility index (Phi) is 3.49. The van der Waals surface area contributed by atoms with Gasteiger partial charge in [-0.25, -0.2) is 0 Å². The van der Waals surface area contributed by atoms with E-state index >= 15 is 0 Å². The van der Waals surface area contributed by atoms with Crippen LogP contribution >= 0.6 is 11.6 Å². The molecule has 1 amide bonds. The van der Waals surface area contributed by atoms with Crippen molar-refractivity contribution in [3.63, 3.8) is 0 Å². The molecule has 1 atom stereocenters. The molecule has 0 saturated heterocycles. The van der Waals surface area contributed by atoms with Gasteiger partial charge < -0.3 is 5.32 Å². The summed E-state index contributed by atoms with van der Waals surface area (Å²) in [6.45, 7) is 2.13. The van der Waals surface area contributed by atoms with Crippen molar-refractivity contribution in [1.82, 2.24) is 0 Å². The van der Waals surface area contributed by atoms with E-state index in [1.807, 2.05) is 12.1 Å². The Hall–Kier alpha value is -1.02. The van der Waals surface area contributed by atoms with Crippen LogP contribution in [-0.4, -0.2) is 5.91 Å². The van der Waals surface area contributed by atoms with Gasteiger partial charge in [0.05, 0.1) is 5.38 Å². The molecular weight excluding hydrogens is 222 g/mol.